The van der Waals surface area contributed by atoms with Crippen molar-refractivity contribution in [3.8, 4) is 0 Å². The summed E-state index contributed by atoms with van der Waals surface area (Å²) < 4.78 is 27.8. The first-order valence-corrected chi connectivity index (χ1v) is 10.4. The molecule has 1 saturated heterocycles. The maximum absolute atomic E-state index is 12.6. The number of piperazine rings is 1. The van der Waals surface area contributed by atoms with Gasteiger partial charge in [-0.3, -0.25) is 4.90 Å². The molecule has 3 rings (SSSR count). The van der Waals surface area contributed by atoms with Crippen molar-refractivity contribution in [1.29, 1.82) is 0 Å². The Labute approximate surface area is 152 Å². The lowest BCUT2D eigenvalue weighted by molar-refractivity contribution is 0.181. The molecule has 0 amide bonds. The molecule has 0 atom stereocenters. The highest BCUT2D eigenvalue weighted by Gasteiger charge is 2.27. The van der Waals surface area contributed by atoms with Gasteiger partial charge in [0.05, 0.1) is 5.75 Å². The molecule has 2 aromatic rings. The van der Waals surface area contributed by atoms with Crippen molar-refractivity contribution in [1.82, 2.24) is 9.21 Å². The first kappa shape index (κ1) is 17.6. The number of rotatable bonds is 5. The topological polar surface area (TPSA) is 40.6 Å². The van der Waals surface area contributed by atoms with Crippen LogP contribution in [0.5, 0.6) is 0 Å². The van der Waals surface area contributed by atoms with Crippen molar-refractivity contribution in [3.63, 3.8) is 0 Å². The molecule has 0 unspecified atom stereocenters. The second-order valence-corrected chi connectivity index (χ2v) is 8.93. The predicted molar refractivity (Wildman–Crippen MR) is 100 cm³/mol. The molecular weight excluding hydrogens is 388 g/mol. The van der Waals surface area contributed by atoms with E-state index in [2.05, 4.69) is 33.0 Å². The van der Waals surface area contributed by atoms with Gasteiger partial charge in [-0.15, -0.1) is 0 Å². The number of sulfonamides is 1. The molecule has 1 heterocycles. The summed E-state index contributed by atoms with van der Waals surface area (Å²) in [5.74, 6) is 0.0606. The monoisotopic (exact) mass is 408 g/mol. The molecule has 0 N–H and O–H groups in total. The second kappa shape index (κ2) is 7.78. The molecule has 0 aliphatic carbocycles. The minimum Gasteiger partial charge on any atom is -0.296 e. The first-order valence-electron chi connectivity index (χ1n) is 8.01. The Kier molecular flexibility index (Phi) is 5.71. The Morgan fingerprint density at radius 2 is 1.54 bits per heavy atom. The van der Waals surface area contributed by atoms with Crippen LogP contribution in [0.4, 0.5) is 0 Å². The largest absolute Gasteiger partial charge is 0.296 e. The molecular formula is C18H21BrN2O2S. The maximum atomic E-state index is 12.6. The van der Waals surface area contributed by atoms with Gasteiger partial charge in [0.1, 0.15) is 0 Å². The van der Waals surface area contributed by atoms with Gasteiger partial charge in [-0.05, 0) is 23.3 Å². The van der Waals surface area contributed by atoms with Crippen molar-refractivity contribution >= 4 is 26.0 Å². The Hall–Kier alpha value is -1.21. The van der Waals surface area contributed by atoms with E-state index in [-0.39, 0.29) is 5.75 Å². The molecule has 24 heavy (non-hydrogen) atoms. The third-order valence-corrected chi connectivity index (χ3v) is 6.56. The van der Waals surface area contributed by atoms with Crippen molar-refractivity contribution in [2.75, 3.05) is 26.2 Å². The van der Waals surface area contributed by atoms with Gasteiger partial charge in [0, 0.05) is 37.2 Å². The highest BCUT2D eigenvalue weighted by molar-refractivity contribution is 9.10. The van der Waals surface area contributed by atoms with Crippen LogP contribution in [0.2, 0.25) is 0 Å². The van der Waals surface area contributed by atoms with Crippen LogP contribution in [0, 0.1) is 0 Å². The molecule has 1 fully saturated rings. The van der Waals surface area contributed by atoms with Crippen LogP contribution < -0.4 is 0 Å². The van der Waals surface area contributed by atoms with Crippen LogP contribution in [0.3, 0.4) is 0 Å². The lowest BCUT2D eigenvalue weighted by atomic mass is 10.2. The molecule has 4 nitrogen and oxygen atoms in total. The zero-order valence-corrected chi connectivity index (χ0v) is 15.8. The van der Waals surface area contributed by atoms with Crippen LogP contribution in [-0.2, 0) is 22.3 Å². The lowest BCUT2D eigenvalue weighted by Gasteiger charge is -2.34. The number of halogens is 1. The van der Waals surface area contributed by atoms with Crippen molar-refractivity contribution < 1.29 is 8.42 Å². The fraction of sp³-hybridized carbons (Fsp3) is 0.333. The Morgan fingerprint density at radius 3 is 2.21 bits per heavy atom. The maximum Gasteiger partial charge on any atom is 0.218 e. The summed E-state index contributed by atoms with van der Waals surface area (Å²) in [6, 6.07) is 17.8. The average Bonchev–Trinajstić information content (AvgIpc) is 2.56. The van der Waals surface area contributed by atoms with E-state index in [0.29, 0.717) is 13.1 Å². The van der Waals surface area contributed by atoms with E-state index >= 15 is 0 Å². The Bertz CT molecular complexity index is 773. The summed E-state index contributed by atoms with van der Waals surface area (Å²) in [7, 11) is -3.26. The molecule has 128 valence electrons. The second-order valence-electron chi connectivity index (χ2n) is 6.05. The van der Waals surface area contributed by atoms with E-state index in [4.69, 9.17) is 0 Å². The summed E-state index contributed by atoms with van der Waals surface area (Å²) in [6.07, 6.45) is 0. The van der Waals surface area contributed by atoms with Crippen molar-refractivity contribution in [2.24, 2.45) is 0 Å². The van der Waals surface area contributed by atoms with Crippen molar-refractivity contribution in [2.45, 2.75) is 12.3 Å². The first-order chi connectivity index (χ1) is 11.5. The summed E-state index contributed by atoms with van der Waals surface area (Å²) in [4.78, 5) is 2.31. The molecule has 0 saturated carbocycles. The van der Waals surface area contributed by atoms with Gasteiger partial charge >= 0.3 is 0 Å². The molecule has 0 bridgehead atoms. The van der Waals surface area contributed by atoms with Crippen molar-refractivity contribution in [3.05, 3.63) is 70.2 Å². The van der Waals surface area contributed by atoms with E-state index < -0.39 is 10.0 Å². The molecule has 0 radical (unpaired) electrons. The number of hydrogen-bond donors (Lipinski definition) is 0. The van der Waals surface area contributed by atoms with Gasteiger partial charge in [-0.1, -0.05) is 58.4 Å². The van der Waals surface area contributed by atoms with Crippen LogP contribution in [-0.4, -0.2) is 43.8 Å². The Morgan fingerprint density at radius 1 is 0.875 bits per heavy atom. The lowest BCUT2D eigenvalue weighted by Crippen LogP contribution is -2.48. The number of hydrogen-bond acceptors (Lipinski definition) is 3. The van der Waals surface area contributed by atoms with Gasteiger partial charge in [-0.2, -0.15) is 4.31 Å². The third kappa shape index (κ3) is 4.66. The molecule has 1 aliphatic heterocycles. The average molecular weight is 409 g/mol. The summed E-state index contributed by atoms with van der Waals surface area (Å²) in [5, 5.41) is 0. The molecule has 2 aromatic carbocycles. The van der Waals surface area contributed by atoms with Gasteiger partial charge in [0.25, 0.3) is 0 Å². The molecule has 1 aliphatic rings. The minimum atomic E-state index is -3.26. The number of nitrogens with zero attached hydrogens (tertiary/aromatic N) is 2. The van der Waals surface area contributed by atoms with E-state index in [1.807, 2.05) is 42.5 Å². The zero-order valence-electron chi connectivity index (χ0n) is 13.4. The van der Waals surface area contributed by atoms with E-state index in [1.54, 1.807) is 4.31 Å². The summed E-state index contributed by atoms with van der Waals surface area (Å²) in [5.41, 5.74) is 2.08. The van der Waals surface area contributed by atoms with E-state index in [0.717, 1.165) is 29.7 Å². The SMILES string of the molecule is O=S(=O)(Cc1cccc(Br)c1)N1CCN(Cc2ccccc2)CC1. The van der Waals surface area contributed by atoms with E-state index in [1.165, 1.54) is 5.56 Å². The highest BCUT2D eigenvalue weighted by Crippen LogP contribution is 2.18. The Balaban J connectivity index is 1.57. The van der Waals surface area contributed by atoms with Gasteiger partial charge in [-0.25, -0.2) is 8.42 Å². The van der Waals surface area contributed by atoms with Gasteiger partial charge < -0.3 is 0 Å². The standard InChI is InChI=1S/C18H21BrN2O2S/c19-18-8-4-7-17(13-18)15-24(22,23)21-11-9-20(10-12-21)14-16-5-2-1-3-6-16/h1-8,13H,9-12,14-15H2. The molecule has 0 aromatic heterocycles. The number of benzene rings is 2. The minimum absolute atomic E-state index is 0.0606. The molecule has 6 heteroatoms. The fourth-order valence-electron chi connectivity index (χ4n) is 2.94. The normalized spacial score (nSPS) is 17.0. The quantitative estimate of drug-likeness (QED) is 0.762. The zero-order chi connectivity index (χ0) is 17.0. The summed E-state index contributed by atoms with van der Waals surface area (Å²) in [6.45, 7) is 3.53. The summed E-state index contributed by atoms with van der Waals surface area (Å²) >= 11 is 3.39. The predicted octanol–water partition coefficient (Wildman–Crippen LogP) is 3.10. The van der Waals surface area contributed by atoms with E-state index in [9.17, 15) is 8.42 Å². The fourth-order valence-corrected chi connectivity index (χ4v) is 4.89. The van der Waals surface area contributed by atoms with Crippen LogP contribution in [0.1, 0.15) is 11.1 Å². The smallest absolute Gasteiger partial charge is 0.218 e. The van der Waals surface area contributed by atoms with Crippen LogP contribution in [0.25, 0.3) is 0 Å². The third-order valence-electron chi connectivity index (χ3n) is 4.21. The van der Waals surface area contributed by atoms with Crippen LogP contribution >= 0.6 is 15.9 Å². The molecule has 0 spiro atoms. The van der Waals surface area contributed by atoms with Gasteiger partial charge in [0.15, 0.2) is 0 Å². The van der Waals surface area contributed by atoms with Crippen LogP contribution in [0.15, 0.2) is 59.1 Å². The van der Waals surface area contributed by atoms with Gasteiger partial charge in [0.2, 0.25) is 10.0 Å². The highest BCUT2D eigenvalue weighted by atomic mass is 79.9.